The van der Waals surface area contributed by atoms with Crippen LogP contribution in [0.25, 0.3) is 0 Å². The first-order valence-corrected chi connectivity index (χ1v) is 6.11. The Morgan fingerprint density at radius 2 is 2.21 bits per heavy atom. The van der Waals surface area contributed by atoms with Crippen LogP contribution < -0.4 is 10.1 Å². The molecule has 0 unspecified atom stereocenters. The molecule has 0 aliphatic rings. The quantitative estimate of drug-likeness (QED) is 0.894. The molecule has 0 aliphatic carbocycles. The predicted molar refractivity (Wildman–Crippen MR) is 70.0 cm³/mol. The zero-order valence-corrected chi connectivity index (χ0v) is 10.7. The van der Waals surface area contributed by atoms with E-state index in [4.69, 9.17) is 9.84 Å². The molecular weight excluding hydrogens is 268 g/mol. The molecule has 0 radical (unpaired) electrons. The number of thiazole rings is 1. The Bertz CT molecular complexity index is 610. The Morgan fingerprint density at radius 1 is 1.42 bits per heavy atom. The standard InChI is InChI=1S/C12H10N2O4S/c1-18-9-4-7(2-3-8(9)12(16)17)14-11(15)10-5-13-6-19-10/h2-6H,1H3,(H,14,15)(H,16,17). The minimum Gasteiger partial charge on any atom is -0.496 e. The molecule has 0 fully saturated rings. The number of aromatic carboxylic acids is 1. The van der Waals surface area contributed by atoms with Crippen molar-refractivity contribution in [3.05, 3.63) is 40.3 Å². The maximum Gasteiger partial charge on any atom is 0.339 e. The van der Waals surface area contributed by atoms with Gasteiger partial charge in [-0.1, -0.05) is 0 Å². The van der Waals surface area contributed by atoms with Gasteiger partial charge in [0.05, 0.1) is 18.8 Å². The second-order valence-electron chi connectivity index (χ2n) is 3.54. The summed E-state index contributed by atoms with van der Waals surface area (Å²) in [5.41, 5.74) is 2.06. The summed E-state index contributed by atoms with van der Waals surface area (Å²) in [5.74, 6) is -1.19. The fraction of sp³-hybridized carbons (Fsp3) is 0.0833. The number of methoxy groups -OCH3 is 1. The SMILES string of the molecule is COc1cc(NC(=O)c2cncs2)ccc1C(=O)O. The van der Waals surface area contributed by atoms with Crippen LogP contribution in [0.2, 0.25) is 0 Å². The summed E-state index contributed by atoms with van der Waals surface area (Å²) in [6.45, 7) is 0. The number of aromatic nitrogens is 1. The van der Waals surface area contributed by atoms with E-state index in [2.05, 4.69) is 10.3 Å². The van der Waals surface area contributed by atoms with Crippen molar-refractivity contribution >= 4 is 28.9 Å². The molecule has 0 atom stereocenters. The van der Waals surface area contributed by atoms with Crippen molar-refractivity contribution in [2.75, 3.05) is 12.4 Å². The topological polar surface area (TPSA) is 88.5 Å². The first-order valence-electron chi connectivity index (χ1n) is 5.23. The first kappa shape index (κ1) is 13.0. The second-order valence-corrected chi connectivity index (χ2v) is 4.43. The lowest BCUT2D eigenvalue weighted by atomic mass is 10.2. The van der Waals surface area contributed by atoms with Gasteiger partial charge in [0.15, 0.2) is 0 Å². The zero-order chi connectivity index (χ0) is 13.8. The van der Waals surface area contributed by atoms with Crippen molar-refractivity contribution < 1.29 is 19.4 Å². The van der Waals surface area contributed by atoms with E-state index < -0.39 is 5.97 Å². The van der Waals surface area contributed by atoms with Gasteiger partial charge in [-0.25, -0.2) is 4.79 Å². The fourth-order valence-electron chi connectivity index (χ4n) is 1.47. The summed E-state index contributed by atoms with van der Waals surface area (Å²) in [6, 6.07) is 4.34. The van der Waals surface area contributed by atoms with Gasteiger partial charge in [-0.3, -0.25) is 9.78 Å². The number of hydrogen-bond donors (Lipinski definition) is 2. The van der Waals surface area contributed by atoms with Crippen LogP contribution in [0.4, 0.5) is 5.69 Å². The van der Waals surface area contributed by atoms with Crippen molar-refractivity contribution in [2.45, 2.75) is 0 Å². The first-order chi connectivity index (χ1) is 9.11. The summed E-state index contributed by atoms with van der Waals surface area (Å²) in [6.07, 6.45) is 1.46. The predicted octanol–water partition coefficient (Wildman–Crippen LogP) is 2.10. The number of carboxylic acids is 1. The van der Waals surface area contributed by atoms with Crippen LogP contribution >= 0.6 is 11.3 Å². The largest absolute Gasteiger partial charge is 0.496 e. The molecule has 98 valence electrons. The highest BCUT2D eigenvalue weighted by atomic mass is 32.1. The number of carboxylic acid groups (broad SMARTS) is 1. The van der Waals surface area contributed by atoms with Gasteiger partial charge < -0.3 is 15.2 Å². The third-order valence-corrected chi connectivity index (χ3v) is 3.12. The van der Waals surface area contributed by atoms with Crippen molar-refractivity contribution in [1.29, 1.82) is 0 Å². The van der Waals surface area contributed by atoms with Gasteiger partial charge in [0, 0.05) is 11.8 Å². The molecule has 1 amide bonds. The lowest BCUT2D eigenvalue weighted by Crippen LogP contribution is -2.11. The number of hydrogen-bond acceptors (Lipinski definition) is 5. The van der Waals surface area contributed by atoms with E-state index in [0.717, 1.165) is 0 Å². The Labute approximate surface area is 112 Å². The molecule has 2 rings (SSSR count). The molecular formula is C12H10N2O4S. The van der Waals surface area contributed by atoms with E-state index in [1.165, 1.54) is 42.8 Å². The van der Waals surface area contributed by atoms with Crippen LogP contribution in [-0.2, 0) is 0 Å². The normalized spacial score (nSPS) is 9.95. The fourth-order valence-corrected chi connectivity index (χ4v) is 1.98. The smallest absolute Gasteiger partial charge is 0.339 e. The van der Waals surface area contributed by atoms with Crippen LogP contribution in [0.1, 0.15) is 20.0 Å². The molecule has 0 saturated carbocycles. The Morgan fingerprint density at radius 3 is 2.79 bits per heavy atom. The number of nitrogens with zero attached hydrogens (tertiary/aromatic N) is 1. The third-order valence-electron chi connectivity index (χ3n) is 2.35. The van der Waals surface area contributed by atoms with Crippen molar-refractivity contribution in [1.82, 2.24) is 4.98 Å². The molecule has 1 heterocycles. The lowest BCUT2D eigenvalue weighted by Gasteiger charge is -2.08. The maximum absolute atomic E-state index is 11.8. The number of anilines is 1. The van der Waals surface area contributed by atoms with E-state index in [0.29, 0.717) is 10.6 Å². The second kappa shape index (κ2) is 5.49. The highest BCUT2D eigenvalue weighted by Crippen LogP contribution is 2.23. The van der Waals surface area contributed by atoms with E-state index in [-0.39, 0.29) is 17.2 Å². The molecule has 6 nitrogen and oxygen atoms in total. The number of nitrogens with one attached hydrogen (secondary N) is 1. The average Bonchev–Trinajstić information content (AvgIpc) is 2.92. The molecule has 0 saturated heterocycles. The van der Waals surface area contributed by atoms with Crippen molar-refractivity contribution in [3.63, 3.8) is 0 Å². The van der Waals surface area contributed by atoms with Gasteiger partial charge in [0.25, 0.3) is 5.91 Å². The Kier molecular flexibility index (Phi) is 3.76. The van der Waals surface area contributed by atoms with E-state index >= 15 is 0 Å². The molecule has 2 N–H and O–H groups in total. The maximum atomic E-state index is 11.8. The minimum atomic E-state index is -1.09. The van der Waals surface area contributed by atoms with Crippen LogP contribution in [-0.4, -0.2) is 29.1 Å². The van der Waals surface area contributed by atoms with Gasteiger partial charge in [0.1, 0.15) is 16.2 Å². The number of amides is 1. The summed E-state index contributed by atoms with van der Waals surface area (Å²) in [4.78, 5) is 27.0. The number of carbonyl (C=O) groups is 2. The van der Waals surface area contributed by atoms with Crippen LogP contribution in [0, 0.1) is 0 Å². The molecule has 2 aromatic rings. The Hall–Kier alpha value is -2.41. The number of carbonyl (C=O) groups excluding carboxylic acids is 1. The van der Waals surface area contributed by atoms with Crippen molar-refractivity contribution in [3.8, 4) is 5.75 Å². The van der Waals surface area contributed by atoms with E-state index in [9.17, 15) is 9.59 Å². The molecule has 0 aliphatic heterocycles. The number of ether oxygens (including phenoxy) is 1. The van der Waals surface area contributed by atoms with Gasteiger partial charge in [-0.05, 0) is 12.1 Å². The monoisotopic (exact) mass is 278 g/mol. The van der Waals surface area contributed by atoms with E-state index in [1.807, 2.05) is 0 Å². The molecule has 0 bridgehead atoms. The van der Waals surface area contributed by atoms with Gasteiger partial charge in [-0.15, -0.1) is 11.3 Å². The molecule has 19 heavy (non-hydrogen) atoms. The van der Waals surface area contributed by atoms with Crippen LogP contribution in [0.5, 0.6) is 5.75 Å². The molecule has 7 heteroatoms. The summed E-state index contributed by atoms with van der Waals surface area (Å²) in [5, 5.41) is 11.6. The lowest BCUT2D eigenvalue weighted by molar-refractivity contribution is 0.0693. The summed E-state index contributed by atoms with van der Waals surface area (Å²) < 4.78 is 4.98. The van der Waals surface area contributed by atoms with E-state index in [1.54, 1.807) is 5.51 Å². The molecule has 0 spiro atoms. The van der Waals surface area contributed by atoms with Crippen LogP contribution in [0.3, 0.4) is 0 Å². The van der Waals surface area contributed by atoms with Crippen molar-refractivity contribution in [2.24, 2.45) is 0 Å². The average molecular weight is 278 g/mol. The van der Waals surface area contributed by atoms with Gasteiger partial charge in [-0.2, -0.15) is 0 Å². The third kappa shape index (κ3) is 2.89. The summed E-state index contributed by atoms with van der Waals surface area (Å²) >= 11 is 1.22. The van der Waals surface area contributed by atoms with Crippen LogP contribution in [0.15, 0.2) is 29.9 Å². The minimum absolute atomic E-state index is 0.0401. The number of benzene rings is 1. The highest BCUT2D eigenvalue weighted by molar-refractivity contribution is 7.11. The highest BCUT2D eigenvalue weighted by Gasteiger charge is 2.13. The Balaban J connectivity index is 2.22. The number of rotatable bonds is 4. The molecule has 1 aromatic heterocycles. The summed E-state index contributed by atoms with van der Waals surface area (Å²) in [7, 11) is 1.37. The zero-order valence-electron chi connectivity index (χ0n) is 9.91. The van der Waals surface area contributed by atoms with Gasteiger partial charge >= 0.3 is 5.97 Å². The molecule has 1 aromatic carbocycles. The van der Waals surface area contributed by atoms with Gasteiger partial charge in [0.2, 0.25) is 0 Å².